The van der Waals surface area contributed by atoms with Gasteiger partial charge in [-0.15, -0.1) is 6.42 Å². The smallest absolute Gasteiger partial charge is 0.320 e. The Kier molecular flexibility index (Phi) is 4.65. The lowest BCUT2D eigenvalue weighted by molar-refractivity contribution is -0.139. The van der Waals surface area contributed by atoms with Crippen LogP contribution in [0.5, 0.6) is 5.88 Å². The first kappa shape index (κ1) is 15.6. The second-order valence-corrected chi connectivity index (χ2v) is 5.57. The number of hydrogen-bond donors (Lipinski definition) is 2. The fraction of sp³-hybridized carbons (Fsp3) is 0.500. The summed E-state index contributed by atoms with van der Waals surface area (Å²) < 4.78 is 11.3. The summed E-state index contributed by atoms with van der Waals surface area (Å²) in [6.45, 7) is 3.26. The number of carbonyl (C=O) groups is 1. The largest absolute Gasteiger partial charge is 0.480 e. The summed E-state index contributed by atoms with van der Waals surface area (Å²) in [5.74, 6) is 2.21. The van der Waals surface area contributed by atoms with Gasteiger partial charge >= 0.3 is 5.97 Å². The minimum atomic E-state index is -0.861. The molecule has 2 unspecified atom stereocenters. The molecule has 0 saturated carbocycles. The molecule has 122 valence electrons. The van der Waals surface area contributed by atoms with Gasteiger partial charge in [0.05, 0.1) is 13.2 Å². The maximum Gasteiger partial charge on any atom is 0.320 e. The summed E-state index contributed by atoms with van der Waals surface area (Å²) >= 11 is 0. The van der Waals surface area contributed by atoms with Gasteiger partial charge in [0.1, 0.15) is 17.8 Å². The zero-order valence-electron chi connectivity index (χ0n) is 12.7. The number of nitrogens with zero attached hydrogens (tertiary/aromatic N) is 2. The number of anilines is 1. The number of carboxylic acid groups (broad SMARTS) is 1. The number of aromatic nitrogens is 1. The van der Waals surface area contributed by atoms with Crippen molar-refractivity contribution in [2.24, 2.45) is 0 Å². The van der Waals surface area contributed by atoms with Crippen molar-refractivity contribution < 1.29 is 19.4 Å². The molecule has 2 aliphatic heterocycles. The number of aliphatic carboxylic acids is 1. The van der Waals surface area contributed by atoms with E-state index in [0.717, 1.165) is 18.8 Å². The van der Waals surface area contributed by atoms with E-state index in [2.05, 4.69) is 21.1 Å². The van der Waals surface area contributed by atoms with Crippen LogP contribution in [-0.4, -0.2) is 61.1 Å². The van der Waals surface area contributed by atoms with Crippen molar-refractivity contribution >= 4 is 11.7 Å². The Labute approximate surface area is 134 Å². The molecule has 1 aromatic rings. The first-order valence-electron chi connectivity index (χ1n) is 7.59. The van der Waals surface area contributed by atoms with E-state index in [1.807, 2.05) is 6.07 Å². The Morgan fingerprint density at radius 1 is 1.52 bits per heavy atom. The van der Waals surface area contributed by atoms with E-state index in [4.69, 9.17) is 21.0 Å². The fourth-order valence-corrected chi connectivity index (χ4v) is 2.78. The summed E-state index contributed by atoms with van der Waals surface area (Å²) in [5.41, 5.74) is 1.52. The summed E-state index contributed by atoms with van der Waals surface area (Å²) in [5, 5.41) is 12.0. The third-order valence-corrected chi connectivity index (χ3v) is 4.02. The lowest BCUT2D eigenvalue weighted by Gasteiger charge is -2.30. The van der Waals surface area contributed by atoms with Crippen molar-refractivity contribution in [3.8, 4) is 18.2 Å². The number of terminal acetylenes is 1. The average Bonchev–Trinajstić information content (AvgIpc) is 3.05. The van der Waals surface area contributed by atoms with Crippen molar-refractivity contribution in [3.05, 3.63) is 17.8 Å². The van der Waals surface area contributed by atoms with Gasteiger partial charge in [0.2, 0.25) is 5.88 Å². The van der Waals surface area contributed by atoms with Crippen LogP contribution < -0.4 is 15.0 Å². The second-order valence-electron chi connectivity index (χ2n) is 5.57. The molecular formula is C16H19N3O4. The van der Waals surface area contributed by atoms with Gasteiger partial charge in [0, 0.05) is 37.8 Å². The molecule has 7 heteroatoms. The van der Waals surface area contributed by atoms with Gasteiger partial charge in [-0.1, -0.05) is 5.92 Å². The third-order valence-electron chi connectivity index (χ3n) is 4.02. The van der Waals surface area contributed by atoms with Crippen LogP contribution in [0, 0.1) is 12.3 Å². The van der Waals surface area contributed by atoms with Crippen LogP contribution in [0.3, 0.4) is 0 Å². The first-order chi connectivity index (χ1) is 11.2. The van der Waals surface area contributed by atoms with Gasteiger partial charge in [0.15, 0.2) is 0 Å². The normalized spacial score (nSPS) is 24.2. The van der Waals surface area contributed by atoms with Crippen molar-refractivity contribution in [1.29, 1.82) is 0 Å². The zero-order chi connectivity index (χ0) is 16.2. The molecule has 3 heterocycles. The molecule has 23 heavy (non-hydrogen) atoms. The molecule has 3 rings (SSSR count). The number of nitrogens with one attached hydrogen (secondary N) is 1. The summed E-state index contributed by atoms with van der Waals surface area (Å²) in [7, 11) is 0. The van der Waals surface area contributed by atoms with Gasteiger partial charge in [0.25, 0.3) is 0 Å². The monoisotopic (exact) mass is 317 g/mol. The molecule has 1 aromatic heterocycles. The lowest BCUT2D eigenvalue weighted by atomic mass is 10.2. The number of morpholine rings is 1. The van der Waals surface area contributed by atoms with Crippen LogP contribution in [0.4, 0.5) is 5.69 Å². The molecule has 2 aliphatic rings. The molecule has 0 radical (unpaired) electrons. The van der Waals surface area contributed by atoms with E-state index < -0.39 is 12.0 Å². The minimum Gasteiger partial charge on any atom is -0.480 e. The van der Waals surface area contributed by atoms with E-state index in [-0.39, 0.29) is 6.10 Å². The van der Waals surface area contributed by atoms with E-state index in [1.54, 1.807) is 6.20 Å². The highest BCUT2D eigenvalue weighted by Crippen LogP contribution is 2.29. The Hall–Kier alpha value is -2.30. The maximum atomic E-state index is 11.0. The lowest BCUT2D eigenvalue weighted by Crippen LogP contribution is -2.37. The van der Waals surface area contributed by atoms with Crippen LogP contribution in [-0.2, 0) is 9.53 Å². The van der Waals surface area contributed by atoms with Crippen LogP contribution in [0.2, 0.25) is 0 Å². The molecule has 0 spiro atoms. The molecular weight excluding hydrogens is 298 g/mol. The quantitative estimate of drug-likeness (QED) is 0.762. The topological polar surface area (TPSA) is 83.9 Å². The van der Waals surface area contributed by atoms with E-state index in [0.29, 0.717) is 37.6 Å². The van der Waals surface area contributed by atoms with E-state index in [9.17, 15) is 4.79 Å². The number of pyridine rings is 1. The fourth-order valence-electron chi connectivity index (χ4n) is 2.78. The molecule has 2 saturated heterocycles. The van der Waals surface area contributed by atoms with E-state index >= 15 is 0 Å². The van der Waals surface area contributed by atoms with Gasteiger partial charge in [-0.05, 0) is 6.07 Å². The van der Waals surface area contributed by atoms with Crippen LogP contribution in [0.1, 0.15) is 12.0 Å². The SMILES string of the molecule is C#Cc1cnc(OC2CNC(C(=O)O)C2)c(N2CCOCC2)c1. The highest BCUT2D eigenvalue weighted by atomic mass is 16.5. The van der Waals surface area contributed by atoms with Crippen LogP contribution >= 0.6 is 0 Å². The highest BCUT2D eigenvalue weighted by molar-refractivity contribution is 5.74. The second kappa shape index (κ2) is 6.86. The molecule has 0 amide bonds. The predicted molar refractivity (Wildman–Crippen MR) is 83.7 cm³/mol. The Morgan fingerprint density at radius 3 is 2.96 bits per heavy atom. The van der Waals surface area contributed by atoms with Gasteiger partial charge in [-0.2, -0.15) is 0 Å². The number of carboxylic acids is 1. The predicted octanol–water partition coefficient (Wildman–Crippen LogP) is 0.0934. The van der Waals surface area contributed by atoms with E-state index in [1.165, 1.54) is 0 Å². The summed E-state index contributed by atoms with van der Waals surface area (Å²) in [6.07, 6.45) is 7.25. The van der Waals surface area contributed by atoms with Crippen molar-refractivity contribution in [2.75, 3.05) is 37.7 Å². The molecule has 7 nitrogen and oxygen atoms in total. The third kappa shape index (κ3) is 3.55. The molecule has 2 N–H and O–H groups in total. The van der Waals surface area contributed by atoms with Crippen molar-refractivity contribution in [3.63, 3.8) is 0 Å². The van der Waals surface area contributed by atoms with Gasteiger partial charge in [-0.25, -0.2) is 4.98 Å². The number of ether oxygens (including phenoxy) is 2. The van der Waals surface area contributed by atoms with Crippen molar-refractivity contribution in [1.82, 2.24) is 10.3 Å². The Bertz CT molecular complexity index is 622. The Balaban J connectivity index is 1.78. The minimum absolute atomic E-state index is 0.222. The number of rotatable bonds is 4. The average molecular weight is 317 g/mol. The molecule has 0 aliphatic carbocycles. The number of hydrogen-bond acceptors (Lipinski definition) is 6. The molecule has 2 atom stereocenters. The summed E-state index contributed by atoms with van der Waals surface area (Å²) in [6, 6.07) is 1.31. The summed E-state index contributed by atoms with van der Waals surface area (Å²) in [4.78, 5) is 17.5. The molecule has 0 aromatic carbocycles. The zero-order valence-corrected chi connectivity index (χ0v) is 12.7. The molecule has 2 fully saturated rings. The highest BCUT2D eigenvalue weighted by Gasteiger charge is 2.31. The maximum absolute atomic E-state index is 11.0. The molecule has 0 bridgehead atoms. The standard InChI is InChI=1S/C16H19N3O4/c1-2-11-7-14(19-3-5-22-6-4-19)15(18-9-11)23-12-8-13(16(20)21)17-10-12/h1,7,9,12-13,17H,3-6,8,10H2,(H,20,21). The first-order valence-corrected chi connectivity index (χ1v) is 7.59. The van der Waals surface area contributed by atoms with Crippen LogP contribution in [0.15, 0.2) is 12.3 Å². The van der Waals surface area contributed by atoms with Gasteiger partial charge in [-0.3, -0.25) is 4.79 Å². The van der Waals surface area contributed by atoms with Crippen LogP contribution in [0.25, 0.3) is 0 Å². The van der Waals surface area contributed by atoms with Crippen molar-refractivity contribution in [2.45, 2.75) is 18.6 Å². The van der Waals surface area contributed by atoms with Gasteiger partial charge < -0.3 is 24.8 Å². The Morgan fingerprint density at radius 2 is 2.30 bits per heavy atom.